The van der Waals surface area contributed by atoms with Gasteiger partial charge in [0.2, 0.25) is 5.91 Å². The Hall–Kier alpha value is -1.73. The molecule has 4 heterocycles. The molecule has 3 aliphatic heterocycles. The first-order valence-corrected chi connectivity index (χ1v) is 10.7. The Kier molecular flexibility index (Phi) is 5.56. The summed E-state index contributed by atoms with van der Waals surface area (Å²) in [5.41, 5.74) is -0.0717. The van der Waals surface area contributed by atoms with Crippen LogP contribution < -0.4 is 0 Å². The van der Waals surface area contributed by atoms with Gasteiger partial charge in [0.15, 0.2) is 0 Å². The summed E-state index contributed by atoms with van der Waals surface area (Å²) in [7, 11) is 1.87. The van der Waals surface area contributed by atoms with Crippen LogP contribution in [0.4, 0.5) is 0 Å². The number of carbonyl (C=O) groups is 1. The van der Waals surface area contributed by atoms with Crippen LogP contribution in [0.25, 0.3) is 0 Å². The van der Waals surface area contributed by atoms with Crippen molar-refractivity contribution in [3.63, 3.8) is 0 Å². The molecule has 1 aromatic rings. The van der Waals surface area contributed by atoms with Gasteiger partial charge in [-0.25, -0.2) is 0 Å². The maximum atomic E-state index is 12.8. The van der Waals surface area contributed by atoms with Crippen molar-refractivity contribution in [2.45, 2.75) is 63.1 Å². The summed E-state index contributed by atoms with van der Waals surface area (Å²) in [6.07, 6.45) is 10.7. The monoisotopic (exact) mass is 387 g/mol. The van der Waals surface area contributed by atoms with Crippen LogP contribution in [-0.4, -0.2) is 68.5 Å². The number of fused-ring (bicyclic) bond motifs is 3. The number of hydrogen-bond donors (Lipinski definition) is 1. The molecule has 4 aliphatic rings. The molecule has 7 heteroatoms. The minimum absolute atomic E-state index is 0.101. The number of hydrogen-bond acceptors (Lipinski definition) is 5. The Labute approximate surface area is 167 Å². The SMILES string of the molecule is C=CCN(C)C(=O)[C@H]1CN2CCC1C[C@@H]2Cn1cc(C2(O)CCCCC2)nn1. The van der Waals surface area contributed by atoms with Crippen LogP contribution in [0.15, 0.2) is 18.9 Å². The molecule has 1 saturated carbocycles. The standard InChI is InChI=1S/C21H33N5O2/c1-3-10-24(2)20(27)18-14-25-11-7-16(18)12-17(25)13-26-15-19(22-23-26)21(28)8-5-4-6-9-21/h3,15-18,28H,1,4-14H2,2H3/t16?,17-,18+/m1/s1. The van der Waals surface area contributed by atoms with E-state index in [1.54, 1.807) is 11.0 Å². The maximum absolute atomic E-state index is 12.8. The lowest BCUT2D eigenvalue weighted by atomic mass is 9.75. The number of rotatable bonds is 6. The molecule has 2 unspecified atom stereocenters. The van der Waals surface area contributed by atoms with Crippen molar-refractivity contribution < 1.29 is 9.90 Å². The first-order valence-electron chi connectivity index (χ1n) is 10.7. The van der Waals surface area contributed by atoms with Gasteiger partial charge >= 0.3 is 0 Å². The number of carbonyl (C=O) groups excluding carboxylic acids is 1. The maximum Gasteiger partial charge on any atom is 0.227 e. The van der Waals surface area contributed by atoms with Crippen molar-refractivity contribution in [1.29, 1.82) is 0 Å². The van der Waals surface area contributed by atoms with Crippen molar-refractivity contribution in [2.75, 3.05) is 26.7 Å². The van der Waals surface area contributed by atoms with Gasteiger partial charge in [-0.15, -0.1) is 11.7 Å². The Morgan fingerprint density at radius 3 is 2.89 bits per heavy atom. The minimum Gasteiger partial charge on any atom is -0.383 e. The van der Waals surface area contributed by atoms with E-state index in [1.807, 2.05) is 17.9 Å². The first-order chi connectivity index (χ1) is 13.5. The second-order valence-corrected chi connectivity index (χ2v) is 8.97. The molecular formula is C21H33N5O2. The number of amides is 1. The van der Waals surface area contributed by atoms with Crippen LogP contribution >= 0.6 is 0 Å². The summed E-state index contributed by atoms with van der Waals surface area (Å²) >= 11 is 0. The van der Waals surface area contributed by atoms with Gasteiger partial charge < -0.3 is 10.0 Å². The zero-order valence-electron chi connectivity index (χ0n) is 17.0. The third kappa shape index (κ3) is 3.74. The Morgan fingerprint density at radius 2 is 2.21 bits per heavy atom. The van der Waals surface area contributed by atoms with Crippen molar-refractivity contribution in [2.24, 2.45) is 11.8 Å². The van der Waals surface area contributed by atoms with E-state index in [2.05, 4.69) is 21.8 Å². The second-order valence-electron chi connectivity index (χ2n) is 8.97. The third-order valence-electron chi connectivity index (χ3n) is 7.07. The van der Waals surface area contributed by atoms with E-state index in [-0.39, 0.29) is 11.8 Å². The van der Waals surface area contributed by atoms with Crippen molar-refractivity contribution in [3.05, 3.63) is 24.5 Å². The Bertz CT molecular complexity index is 711. The molecule has 1 amide bonds. The largest absolute Gasteiger partial charge is 0.383 e. The van der Waals surface area contributed by atoms with Crippen LogP contribution in [-0.2, 0) is 16.9 Å². The highest BCUT2D eigenvalue weighted by Gasteiger charge is 2.44. The summed E-state index contributed by atoms with van der Waals surface area (Å²) in [6, 6.07) is 0.392. The fourth-order valence-corrected chi connectivity index (χ4v) is 5.38. The van der Waals surface area contributed by atoms with Gasteiger partial charge in [0.1, 0.15) is 11.3 Å². The van der Waals surface area contributed by atoms with Crippen LogP contribution in [0.1, 0.15) is 50.6 Å². The van der Waals surface area contributed by atoms with Crippen LogP contribution in [0.5, 0.6) is 0 Å². The summed E-state index contributed by atoms with van der Waals surface area (Å²) in [6.45, 7) is 7.01. The summed E-state index contributed by atoms with van der Waals surface area (Å²) in [5, 5.41) is 19.5. The quantitative estimate of drug-likeness (QED) is 0.753. The molecule has 4 fully saturated rings. The lowest BCUT2D eigenvalue weighted by Gasteiger charge is -2.49. The predicted octanol–water partition coefficient (Wildman–Crippen LogP) is 1.78. The molecule has 0 aromatic carbocycles. The number of aromatic nitrogens is 3. The van der Waals surface area contributed by atoms with Gasteiger partial charge in [-0.2, -0.15) is 0 Å². The number of piperidine rings is 3. The Morgan fingerprint density at radius 1 is 1.43 bits per heavy atom. The van der Waals surface area contributed by atoms with Crippen molar-refractivity contribution in [1.82, 2.24) is 24.8 Å². The topological polar surface area (TPSA) is 74.5 Å². The van der Waals surface area contributed by atoms with Gasteiger partial charge in [-0.3, -0.25) is 14.4 Å². The van der Waals surface area contributed by atoms with E-state index < -0.39 is 5.60 Å². The third-order valence-corrected chi connectivity index (χ3v) is 7.07. The summed E-state index contributed by atoms with van der Waals surface area (Å²) in [5.74, 6) is 0.792. The highest BCUT2D eigenvalue weighted by molar-refractivity contribution is 5.79. The molecular weight excluding hydrogens is 354 g/mol. The van der Waals surface area contributed by atoms with E-state index in [0.29, 0.717) is 18.5 Å². The average Bonchev–Trinajstić information content (AvgIpc) is 3.18. The lowest BCUT2D eigenvalue weighted by Crippen LogP contribution is -2.58. The molecule has 1 aromatic heterocycles. The molecule has 154 valence electrons. The minimum atomic E-state index is -0.796. The fraction of sp³-hybridized carbons (Fsp3) is 0.762. The van der Waals surface area contributed by atoms with Crippen LogP contribution in [0.2, 0.25) is 0 Å². The van der Waals surface area contributed by atoms with Gasteiger partial charge in [-0.05, 0) is 38.1 Å². The average molecular weight is 388 g/mol. The first kappa shape index (κ1) is 19.6. The molecule has 1 aliphatic carbocycles. The Balaban J connectivity index is 1.39. The molecule has 2 bridgehead atoms. The van der Waals surface area contributed by atoms with Crippen molar-refractivity contribution in [3.8, 4) is 0 Å². The van der Waals surface area contributed by atoms with Gasteiger partial charge in [0.25, 0.3) is 0 Å². The van der Waals surface area contributed by atoms with Gasteiger partial charge in [-0.1, -0.05) is 30.6 Å². The zero-order valence-corrected chi connectivity index (χ0v) is 17.0. The molecule has 0 spiro atoms. The van der Waals surface area contributed by atoms with Crippen molar-refractivity contribution >= 4 is 5.91 Å². The van der Waals surface area contributed by atoms with Gasteiger partial charge in [0.05, 0.1) is 18.7 Å². The number of aliphatic hydroxyl groups is 1. The predicted molar refractivity (Wildman–Crippen MR) is 106 cm³/mol. The molecule has 28 heavy (non-hydrogen) atoms. The van der Waals surface area contributed by atoms with Crippen LogP contribution in [0, 0.1) is 11.8 Å². The smallest absolute Gasteiger partial charge is 0.227 e. The molecule has 3 saturated heterocycles. The normalized spacial score (nSPS) is 31.5. The van der Waals surface area contributed by atoms with Gasteiger partial charge in [0, 0.05) is 26.2 Å². The van der Waals surface area contributed by atoms with E-state index >= 15 is 0 Å². The van der Waals surface area contributed by atoms with E-state index in [0.717, 1.165) is 63.9 Å². The molecule has 5 rings (SSSR count). The number of likely N-dealkylation sites (N-methyl/N-ethyl adjacent to an activating group) is 1. The van der Waals surface area contributed by atoms with E-state index in [4.69, 9.17) is 0 Å². The second kappa shape index (κ2) is 7.95. The lowest BCUT2D eigenvalue weighted by molar-refractivity contribution is -0.142. The van der Waals surface area contributed by atoms with E-state index in [9.17, 15) is 9.90 Å². The summed E-state index contributed by atoms with van der Waals surface area (Å²) in [4.78, 5) is 17.0. The highest BCUT2D eigenvalue weighted by Crippen LogP contribution is 2.38. The fourth-order valence-electron chi connectivity index (χ4n) is 5.38. The molecule has 7 nitrogen and oxygen atoms in total. The highest BCUT2D eigenvalue weighted by atomic mass is 16.3. The molecule has 0 radical (unpaired) electrons. The van der Waals surface area contributed by atoms with E-state index in [1.165, 1.54) is 6.42 Å². The zero-order chi connectivity index (χ0) is 19.7. The molecule has 4 atom stereocenters. The summed E-state index contributed by atoms with van der Waals surface area (Å²) < 4.78 is 1.90. The molecule has 1 N–H and O–H groups in total. The van der Waals surface area contributed by atoms with Crippen LogP contribution in [0.3, 0.4) is 0 Å². The number of nitrogens with zero attached hydrogens (tertiary/aromatic N) is 5.